The fourth-order valence-electron chi connectivity index (χ4n) is 10.5. The minimum absolute atomic E-state index is 0.0212. The molecule has 0 radical (unpaired) electrons. The number of hydrogen-bond donors (Lipinski definition) is 0. The van der Waals surface area contributed by atoms with Crippen molar-refractivity contribution in [1.29, 1.82) is 0 Å². The molecule has 0 saturated carbocycles. The quantitative estimate of drug-likeness (QED) is 0.128. The summed E-state index contributed by atoms with van der Waals surface area (Å²) in [4.78, 5) is 11.7. The van der Waals surface area contributed by atoms with Crippen molar-refractivity contribution < 1.29 is 38.0 Å². The van der Waals surface area contributed by atoms with Crippen molar-refractivity contribution in [2.75, 3.05) is 0 Å². The minimum atomic E-state index is -0.643. The summed E-state index contributed by atoms with van der Waals surface area (Å²) in [5.41, 5.74) is 2.34. The average molecular weight is 697 g/mol. The molecule has 8 saturated heterocycles. The normalized spacial score (nSPS) is 48.7. The van der Waals surface area contributed by atoms with E-state index in [1.807, 2.05) is 6.08 Å². The second kappa shape index (κ2) is 15.2. The van der Waals surface area contributed by atoms with E-state index < -0.39 is 5.79 Å². The van der Waals surface area contributed by atoms with Gasteiger partial charge in [-0.15, -0.1) is 6.58 Å². The molecule has 0 aromatic carbocycles. The van der Waals surface area contributed by atoms with Gasteiger partial charge in [0.05, 0.1) is 54.9 Å². The van der Waals surface area contributed by atoms with E-state index in [4.69, 9.17) is 33.2 Å². The van der Waals surface area contributed by atoms with Crippen LogP contribution >= 0.6 is 0 Å². The van der Waals surface area contributed by atoms with E-state index in [0.29, 0.717) is 24.2 Å². The first-order chi connectivity index (χ1) is 24.0. The number of rotatable bonds is 15. The van der Waals surface area contributed by atoms with Crippen molar-refractivity contribution in [1.82, 2.24) is 0 Å². The number of ether oxygens (including phenoxy) is 7. The van der Waals surface area contributed by atoms with Crippen molar-refractivity contribution in [2.24, 2.45) is 29.6 Å². The van der Waals surface area contributed by atoms with Crippen LogP contribution in [-0.2, 0) is 38.0 Å². The maximum atomic E-state index is 11.7. The van der Waals surface area contributed by atoms with Gasteiger partial charge in [-0.05, 0) is 79.8 Å². The van der Waals surface area contributed by atoms with Crippen molar-refractivity contribution >= 4 is 6.29 Å². The van der Waals surface area contributed by atoms with Gasteiger partial charge < -0.3 is 38.0 Å². The molecule has 8 aliphatic rings. The Hall–Kier alpha value is -1.39. The van der Waals surface area contributed by atoms with Crippen LogP contribution in [0, 0.1) is 29.6 Å². The summed E-state index contributed by atoms with van der Waals surface area (Å²) in [6, 6.07) is 0. The van der Waals surface area contributed by atoms with Gasteiger partial charge >= 0.3 is 0 Å². The molecule has 0 spiro atoms. The molecule has 8 heteroatoms. The molecule has 0 aliphatic carbocycles. The smallest absolute Gasteiger partial charge is 0.172 e. The van der Waals surface area contributed by atoms with E-state index >= 15 is 0 Å². The van der Waals surface area contributed by atoms with Crippen molar-refractivity contribution in [3.63, 3.8) is 0 Å². The summed E-state index contributed by atoms with van der Waals surface area (Å²) in [6.45, 7) is 24.2. The van der Waals surface area contributed by atoms with Crippen LogP contribution in [0.25, 0.3) is 0 Å². The van der Waals surface area contributed by atoms with Gasteiger partial charge in [-0.1, -0.05) is 60.3 Å². The van der Waals surface area contributed by atoms with E-state index in [-0.39, 0.29) is 85.1 Å². The third-order valence-corrected chi connectivity index (χ3v) is 13.9. The Kier molecular flexibility index (Phi) is 11.2. The molecule has 0 N–H and O–H groups in total. The topological polar surface area (TPSA) is 81.7 Å². The highest BCUT2D eigenvalue weighted by Crippen LogP contribution is 2.54. The fourth-order valence-corrected chi connectivity index (χ4v) is 10.5. The van der Waals surface area contributed by atoms with E-state index in [9.17, 15) is 4.79 Å². The number of aldehydes is 1. The molecule has 0 aromatic rings. The molecular weight excluding hydrogens is 632 g/mol. The van der Waals surface area contributed by atoms with E-state index in [1.54, 1.807) is 0 Å². The molecule has 8 rings (SSSR count). The molecular formula is C42H64O8. The van der Waals surface area contributed by atoms with Crippen molar-refractivity contribution in [3.8, 4) is 0 Å². The monoisotopic (exact) mass is 696 g/mol. The maximum Gasteiger partial charge on any atom is 0.172 e. The van der Waals surface area contributed by atoms with Crippen LogP contribution in [0.4, 0.5) is 0 Å². The van der Waals surface area contributed by atoms with Gasteiger partial charge in [-0.2, -0.15) is 0 Å². The van der Waals surface area contributed by atoms with Crippen LogP contribution < -0.4 is 0 Å². The Bertz CT molecular complexity index is 1250. The van der Waals surface area contributed by atoms with Crippen molar-refractivity contribution in [2.45, 2.75) is 191 Å². The predicted octanol–water partition coefficient (Wildman–Crippen LogP) is 7.68. The van der Waals surface area contributed by atoms with Gasteiger partial charge in [0.1, 0.15) is 24.6 Å². The molecule has 0 aromatic heterocycles. The van der Waals surface area contributed by atoms with Crippen LogP contribution in [0.1, 0.15) is 112 Å². The van der Waals surface area contributed by atoms with Gasteiger partial charge in [-0.25, -0.2) is 0 Å². The fraction of sp³-hybridized carbons (Fsp3) is 0.833. The van der Waals surface area contributed by atoms with E-state index in [2.05, 4.69) is 54.4 Å². The largest absolute Gasteiger partial charge is 0.374 e. The SMILES string of the molecule is C=CC[C@@H]1O[C@@H]2[C@H]3O[C@@H]4C[C@@](CC[C@H]5CC(=C)C(CC[C@H]6C[C@@H](C)C(=C)[C@@H](CC7O[C@H](C[C@H](C)CC)[C@H](C)[C@H]7CC=O)O6)O5)(O[C@H]24)O[C@H]3[C@H]1C. The average Bonchev–Trinajstić information content (AvgIpc) is 3.75. The zero-order chi connectivity index (χ0) is 35.3. The number of carbonyl (C=O) groups is 1. The molecule has 8 nitrogen and oxygen atoms in total. The molecule has 18 atom stereocenters. The summed E-state index contributed by atoms with van der Waals surface area (Å²) in [7, 11) is 0. The van der Waals surface area contributed by atoms with Gasteiger partial charge in [0.2, 0.25) is 0 Å². The number of carbonyl (C=O) groups excluding carboxylic acids is 1. The van der Waals surface area contributed by atoms with Gasteiger partial charge in [0.15, 0.2) is 5.79 Å². The summed E-state index contributed by atoms with van der Waals surface area (Å²) >= 11 is 0. The van der Waals surface area contributed by atoms with Gasteiger partial charge in [-0.3, -0.25) is 0 Å². The second-order valence-electron chi connectivity index (χ2n) is 17.2. The first kappa shape index (κ1) is 36.9. The molecule has 8 aliphatic heterocycles. The first-order valence-corrected chi connectivity index (χ1v) is 20.1. The maximum absolute atomic E-state index is 11.7. The Balaban J connectivity index is 0.913. The molecule has 0 amide bonds. The molecule has 280 valence electrons. The standard InChI is InChI=1S/C42H64O8/c1-9-11-33-28(8)38-40-41(47-33)39-37(48-40)22-42(49-38,50-39)16-14-30-20-25(5)32(44-30)13-12-29-19-24(4)26(6)35(45-29)21-36-31(15-17-43)27(7)34(46-36)18-23(3)10-2/h9,17,23-24,27-41H,1,5-6,10-16,18-22H2,2-4,7-8H3/t23-,24-,27-,28+,29+,30+,31-,32?,33+,34-,35-,36?,37-,38+,39+,40+,41+,42-/m1/s1. The molecule has 6 bridgehead atoms. The van der Waals surface area contributed by atoms with Crippen LogP contribution in [0.15, 0.2) is 37.0 Å². The lowest BCUT2D eigenvalue weighted by Crippen LogP contribution is -2.54. The van der Waals surface area contributed by atoms with Crippen molar-refractivity contribution in [3.05, 3.63) is 37.0 Å². The van der Waals surface area contributed by atoms with Crippen LogP contribution in [0.5, 0.6) is 0 Å². The van der Waals surface area contributed by atoms with E-state index in [0.717, 1.165) is 82.5 Å². The highest BCUT2D eigenvalue weighted by molar-refractivity contribution is 5.50. The zero-order valence-electron chi connectivity index (χ0n) is 31.3. The Morgan fingerprint density at radius 3 is 2.36 bits per heavy atom. The van der Waals surface area contributed by atoms with Crippen LogP contribution in [-0.4, -0.2) is 85.3 Å². The second-order valence-corrected chi connectivity index (χ2v) is 17.2. The Morgan fingerprint density at radius 1 is 0.840 bits per heavy atom. The summed E-state index contributed by atoms with van der Waals surface area (Å²) in [5.74, 6) is 1.15. The third kappa shape index (κ3) is 7.13. The van der Waals surface area contributed by atoms with Crippen LogP contribution in [0.2, 0.25) is 0 Å². The third-order valence-electron chi connectivity index (χ3n) is 13.9. The molecule has 8 fully saturated rings. The highest BCUT2D eigenvalue weighted by Gasteiger charge is 2.67. The van der Waals surface area contributed by atoms with E-state index in [1.165, 1.54) is 5.57 Å². The lowest BCUT2D eigenvalue weighted by atomic mass is 9.80. The van der Waals surface area contributed by atoms with Gasteiger partial charge in [0, 0.05) is 31.6 Å². The lowest BCUT2D eigenvalue weighted by Gasteiger charge is -2.42. The summed E-state index contributed by atoms with van der Waals surface area (Å²) in [5, 5.41) is 0. The lowest BCUT2D eigenvalue weighted by molar-refractivity contribution is -0.262. The number of hydrogen-bond acceptors (Lipinski definition) is 8. The predicted molar refractivity (Wildman–Crippen MR) is 192 cm³/mol. The Labute approximate surface area is 301 Å². The van der Waals surface area contributed by atoms with Crippen LogP contribution in [0.3, 0.4) is 0 Å². The summed E-state index contributed by atoms with van der Waals surface area (Å²) < 4.78 is 46.7. The minimum Gasteiger partial charge on any atom is -0.374 e. The summed E-state index contributed by atoms with van der Waals surface area (Å²) in [6.07, 6.45) is 13.7. The van der Waals surface area contributed by atoms with Gasteiger partial charge in [0.25, 0.3) is 0 Å². The molecule has 8 heterocycles. The molecule has 2 unspecified atom stereocenters. The Morgan fingerprint density at radius 2 is 1.60 bits per heavy atom. The first-order valence-electron chi connectivity index (χ1n) is 20.1. The zero-order valence-corrected chi connectivity index (χ0v) is 31.3. The molecule has 50 heavy (non-hydrogen) atoms. The highest BCUT2D eigenvalue weighted by atomic mass is 16.8.